The second-order valence-corrected chi connectivity index (χ2v) is 26.2. The number of nitrogens with zero attached hydrogens (tertiary/aromatic N) is 4. The number of β-amino-alcohol motifs (C(OH)–C–C–N with tert-alkyl or cyclic N) is 1. The van der Waals surface area contributed by atoms with Crippen LogP contribution < -0.4 is 26.4 Å². The van der Waals surface area contributed by atoms with Crippen LogP contribution in [0, 0.1) is 24.1 Å². The lowest BCUT2D eigenvalue weighted by Crippen LogP contribution is -2.61. The Morgan fingerprint density at radius 3 is 2.33 bits per heavy atom. The third-order valence-electron chi connectivity index (χ3n) is 16.5. The first kappa shape index (κ1) is 65.3. The number of ether oxygens (including phenoxy) is 1. The van der Waals surface area contributed by atoms with Crippen molar-refractivity contribution in [1.82, 2.24) is 40.6 Å². The molecule has 7 amide bonds. The summed E-state index contributed by atoms with van der Waals surface area (Å²) in [4.78, 5) is 153. The molecule has 0 bridgehead atoms. The molecule has 3 aliphatic rings. The molecule has 0 radical (unpaired) electrons. The number of aryl methyl sites for hydroxylation is 2. The molecule has 2 aromatic heterocycles. The van der Waals surface area contributed by atoms with Crippen molar-refractivity contribution in [2.24, 2.45) is 17.1 Å². The Morgan fingerprint density at radius 2 is 1.67 bits per heavy atom. The van der Waals surface area contributed by atoms with E-state index >= 15 is 4.39 Å². The minimum atomic E-state index is -5.10. The highest BCUT2D eigenvalue weighted by atomic mass is 32.1. The van der Waals surface area contributed by atoms with Crippen molar-refractivity contribution < 1.29 is 71.7 Å². The van der Waals surface area contributed by atoms with Crippen LogP contribution in [-0.2, 0) is 44.5 Å². The highest BCUT2D eigenvalue weighted by Gasteiger charge is 2.47. The van der Waals surface area contributed by atoms with Crippen LogP contribution >= 0.6 is 18.9 Å². The predicted octanol–water partition coefficient (Wildman–Crippen LogP) is 5.38. The van der Waals surface area contributed by atoms with Gasteiger partial charge in [0.1, 0.15) is 36.2 Å². The van der Waals surface area contributed by atoms with E-state index in [2.05, 4.69) is 25.9 Å². The SMILES string of the molecule is CC(=O)N1CC[C@H]2CC[C@@H](C(=O)N[C@@H](CCC(N)=O)COc3cccc(CCCC(=O)C[C@H](C(=O)N4C[C@H](O)C[C@H]4C(=O)N[C@@H](C)c4ccc(-c5scnc5C)cc4)C(C)(C)C)c3F)N2C(=O)[C@@H](NC(=O)c2cc3cc(C(=O)P(=O)(O)O)ccc3[nH]2)C1. The molecule has 3 saturated heterocycles. The number of likely N-dealkylation sites (tertiary alicyclic amines) is 1. The summed E-state index contributed by atoms with van der Waals surface area (Å²) < 4.78 is 33.8. The minimum absolute atomic E-state index is 0.00132. The van der Waals surface area contributed by atoms with Gasteiger partial charge in [-0.1, -0.05) is 57.2 Å². The Hall–Kier alpha value is -7.70. The van der Waals surface area contributed by atoms with Gasteiger partial charge in [0, 0.05) is 80.7 Å². The summed E-state index contributed by atoms with van der Waals surface area (Å²) >= 11 is 1.54. The van der Waals surface area contributed by atoms with Crippen LogP contribution in [0.2, 0.25) is 0 Å². The average Bonchev–Trinajstić information content (AvgIpc) is 2.34. The van der Waals surface area contributed by atoms with Gasteiger partial charge < -0.3 is 61.0 Å². The molecule has 3 aromatic carbocycles. The van der Waals surface area contributed by atoms with Crippen molar-refractivity contribution >= 4 is 82.5 Å². The number of carbonyl (C=O) groups is 9. The monoisotopic (exact) mass is 1240 g/mol. The highest BCUT2D eigenvalue weighted by Crippen LogP contribution is 2.40. The number of H-pyrrole nitrogens is 1. The van der Waals surface area contributed by atoms with E-state index in [-0.39, 0.29) is 117 Å². The van der Waals surface area contributed by atoms with Crippen LogP contribution in [0.5, 0.6) is 5.75 Å². The summed E-state index contributed by atoms with van der Waals surface area (Å²) in [6.45, 7) is 10.2. The Balaban J connectivity index is 0.870. The maximum absolute atomic E-state index is 16.2. The minimum Gasteiger partial charge on any atom is -0.488 e. The summed E-state index contributed by atoms with van der Waals surface area (Å²) in [5.41, 5.74) is 8.18. The van der Waals surface area contributed by atoms with Crippen LogP contribution in [0.4, 0.5) is 4.39 Å². The van der Waals surface area contributed by atoms with E-state index in [1.807, 2.05) is 58.9 Å². The Labute approximate surface area is 506 Å². The number of halogens is 1. The molecule has 466 valence electrons. The van der Waals surface area contributed by atoms with Gasteiger partial charge in [-0.2, -0.15) is 0 Å². The van der Waals surface area contributed by atoms with Gasteiger partial charge in [0.2, 0.25) is 35.4 Å². The van der Waals surface area contributed by atoms with Crippen molar-refractivity contribution in [3.63, 3.8) is 0 Å². The number of hydrogen-bond acceptors (Lipinski definition) is 14. The maximum atomic E-state index is 16.2. The van der Waals surface area contributed by atoms with E-state index in [0.717, 1.165) is 21.7 Å². The number of nitrogens with one attached hydrogen (secondary N) is 4. The molecule has 0 aliphatic carbocycles. The van der Waals surface area contributed by atoms with Crippen LogP contribution in [-0.4, -0.2) is 155 Å². The van der Waals surface area contributed by atoms with Crippen molar-refractivity contribution in [2.75, 3.05) is 26.2 Å². The second kappa shape index (κ2) is 27.6. The van der Waals surface area contributed by atoms with E-state index in [0.29, 0.717) is 18.4 Å². The Morgan fingerprint density at radius 1 is 0.943 bits per heavy atom. The molecule has 0 unspecified atom stereocenters. The van der Waals surface area contributed by atoms with E-state index < -0.39 is 108 Å². The van der Waals surface area contributed by atoms with Crippen LogP contribution in [0.25, 0.3) is 21.3 Å². The molecule has 0 saturated carbocycles. The number of amides is 7. The number of nitrogens with two attached hydrogens (primary N) is 1. The topological polar surface area (TPSA) is 341 Å². The van der Waals surface area contributed by atoms with Crippen LogP contribution in [0.15, 0.2) is 72.2 Å². The first-order valence-electron chi connectivity index (χ1n) is 29.0. The van der Waals surface area contributed by atoms with Crippen molar-refractivity contribution in [3.8, 4) is 16.2 Å². The molecule has 5 aromatic rings. The molecule has 3 aliphatic heterocycles. The van der Waals surface area contributed by atoms with Gasteiger partial charge in [0.25, 0.3) is 11.4 Å². The molecule has 23 nitrogen and oxygen atoms in total. The summed E-state index contributed by atoms with van der Waals surface area (Å²) in [5, 5.41) is 19.6. The van der Waals surface area contributed by atoms with E-state index in [1.165, 1.54) is 52.0 Å². The number of carbonyl (C=O) groups excluding carboxylic acids is 9. The van der Waals surface area contributed by atoms with E-state index in [4.69, 9.17) is 10.5 Å². The largest absolute Gasteiger partial charge is 0.488 e. The van der Waals surface area contributed by atoms with E-state index in [1.54, 1.807) is 29.0 Å². The molecule has 26 heteroatoms. The summed E-state index contributed by atoms with van der Waals surface area (Å²) in [5.74, 6) is -5.90. The van der Waals surface area contributed by atoms with Gasteiger partial charge in [-0.05, 0) is 105 Å². The fourth-order valence-electron chi connectivity index (χ4n) is 11.7. The van der Waals surface area contributed by atoms with Crippen molar-refractivity contribution in [1.29, 1.82) is 0 Å². The number of rotatable bonds is 23. The van der Waals surface area contributed by atoms with Gasteiger partial charge in [-0.25, -0.2) is 9.37 Å². The third-order valence-corrected chi connectivity index (χ3v) is 18.3. The zero-order valence-corrected chi connectivity index (χ0v) is 51.1. The Bertz CT molecular complexity index is 3490. The number of Topliss-reactive ketones (excluding diaryl/α,β-unsaturated/α-hetero) is 1. The van der Waals surface area contributed by atoms with Gasteiger partial charge in [0.05, 0.1) is 34.3 Å². The van der Waals surface area contributed by atoms with Gasteiger partial charge in [0.15, 0.2) is 11.6 Å². The molecule has 8 rings (SSSR count). The lowest BCUT2D eigenvalue weighted by atomic mass is 9.76. The lowest BCUT2D eigenvalue weighted by Gasteiger charge is -2.38. The number of aliphatic hydroxyl groups excluding tert-OH is 1. The molecule has 5 heterocycles. The molecule has 0 spiro atoms. The zero-order chi connectivity index (χ0) is 63.2. The number of fused-ring (bicyclic) bond motifs is 2. The first-order valence-corrected chi connectivity index (χ1v) is 31.5. The summed E-state index contributed by atoms with van der Waals surface area (Å²) in [7, 11) is -5.10. The van der Waals surface area contributed by atoms with Crippen LogP contribution in [0.3, 0.4) is 0 Å². The maximum Gasteiger partial charge on any atom is 0.396 e. The number of aromatic amines is 1. The molecule has 3 fully saturated rings. The van der Waals surface area contributed by atoms with Crippen molar-refractivity contribution in [3.05, 3.63) is 106 Å². The third kappa shape index (κ3) is 15.9. The fraction of sp³-hybridized carbons (Fsp3) is 0.475. The van der Waals surface area contributed by atoms with Gasteiger partial charge in [-0.15, -0.1) is 11.3 Å². The first-order chi connectivity index (χ1) is 41.1. The quantitative estimate of drug-likeness (QED) is 0.0381. The Kier molecular flexibility index (Phi) is 20.7. The number of thiazole rings is 1. The smallest absolute Gasteiger partial charge is 0.396 e. The summed E-state index contributed by atoms with van der Waals surface area (Å²) in [6.07, 6.45) is -0.0524. The second-order valence-electron chi connectivity index (χ2n) is 23.9. The highest BCUT2D eigenvalue weighted by molar-refractivity contribution is 7.70. The number of hydrogen-bond donors (Lipinski definition) is 8. The molecule has 87 heavy (non-hydrogen) atoms. The van der Waals surface area contributed by atoms with Crippen LogP contribution in [0.1, 0.15) is 136 Å². The normalized spacial score (nSPS) is 20.0. The lowest BCUT2D eigenvalue weighted by molar-refractivity contribution is -0.146. The number of ketones is 1. The molecule has 9 N–H and O–H groups in total. The molecular formula is C61H75FN9O14PS. The van der Waals surface area contributed by atoms with Gasteiger partial charge >= 0.3 is 7.60 Å². The van der Waals surface area contributed by atoms with Crippen molar-refractivity contribution in [2.45, 2.75) is 148 Å². The van der Waals surface area contributed by atoms with E-state index in [9.17, 15) is 62.6 Å². The molecular weight excluding hydrogens is 1160 g/mol. The summed E-state index contributed by atoms with van der Waals surface area (Å²) in [6, 6.07) is 12.2. The number of primary amides is 1. The predicted molar refractivity (Wildman–Crippen MR) is 319 cm³/mol. The number of aromatic nitrogens is 2. The zero-order valence-electron chi connectivity index (χ0n) is 49.4. The molecule has 8 atom stereocenters. The van der Waals surface area contributed by atoms with Gasteiger partial charge in [-0.3, -0.25) is 47.7 Å². The standard InChI is InChI=1S/C61H75FN9O14PS/c1-33(36-13-15-38(16-14-36)54-34(2)64-32-87-54)65-57(78)50-28-44(74)29-70(50)58(79)45(61(4,5)6)27-43(73)11-7-9-37-10-8-12-51(53(37)62)85-31-41(18-22-52(63)75)66-56(77)49-21-19-42-23-24-69(35(3)72)30-48(59(80)71(42)49)68-55(76)47-26-40-25-39(17-20-46(40)67-47)60(81)86(82,83)84/h8,10,12-17,20,25-26,32-33,41-42,44-45,48-50,67,74H,7,9,11,18-19,21-24,27-31H2,1-6H3,(H2,63,75)(H,65,78)(H,66,77)(H,68,76)(H2,82,83,84)/t33-,41-,42+,44+,45+,48-,49-,50-/m0/s1. The average molecular weight is 1240 g/mol. The number of aliphatic hydroxyl groups is 1. The fourth-order valence-corrected chi connectivity index (χ4v) is 12.9. The number of benzene rings is 3.